The van der Waals surface area contributed by atoms with E-state index in [9.17, 15) is 9.59 Å². The number of urea groups is 1. The minimum Gasteiger partial charge on any atom is -0.354 e. The maximum atomic E-state index is 11.8. The summed E-state index contributed by atoms with van der Waals surface area (Å²) in [6.07, 6.45) is 0.344. The molecule has 0 aromatic heterocycles. The van der Waals surface area contributed by atoms with Crippen molar-refractivity contribution in [3.63, 3.8) is 0 Å². The molecule has 0 bridgehead atoms. The van der Waals surface area contributed by atoms with E-state index < -0.39 is 0 Å². The summed E-state index contributed by atoms with van der Waals surface area (Å²) >= 11 is 0. The van der Waals surface area contributed by atoms with Crippen molar-refractivity contribution in [2.24, 2.45) is 0 Å². The molecule has 1 aliphatic rings. The van der Waals surface area contributed by atoms with Gasteiger partial charge in [-0.25, -0.2) is 4.79 Å². The fourth-order valence-electron chi connectivity index (χ4n) is 2.11. The number of hydrogen-bond donors (Lipinski definition) is 3. The molecule has 2 rings (SSSR count). The molecule has 20 heavy (non-hydrogen) atoms. The van der Waals surface area contributed by atoms with Crippen molar-refractivity contribution in [1.29, 1.82) is 0 Å². The third-order valence-electron chi connectivity index (χ3n) is 3.32. The van der Waals surface area contributed by atoms with Gasteiger partial charge < -0.3 is 16.0 Å². The molecule has 1 fully saturated rings. The Hall–Kier alpha value is -2.04. The third-order valence-corrected chi connectivity index (χ3v) is 3.32. The molecule has 1 saturated heterocycles. The van der Waals surface area contributed by atoms with E-state index in [0.717, 1.165) is 5.69 Å². The van der Waals surface area contributed by atoms with E-state index in [2.05, 4.69) is 36.7 Å². The molecule has 0 saturated carbocycles. The monoisotopic (exact) mass is 275 g/mol. The molecular formula is C15H21N3O2. The maximum absolute atomic E-state index is 11.8. The Morgan fingerprint density at radius 1 is 1.25 bits per heavy atom. The van der Waals surface area contributed by atoms with Crippen molar-refractivity contribution >= 4 is 17.6 Å². The molecular weight excluding hydrogens is 254 g/mol. The SMILES string of the molecule is CC(C)(C)c1ccc(NC(=O)NC2CNC(=O)C2)cc1. The van der Waals surface area contributed by atoms with E-state index in [4.69, 9.17) is 0 Å². The first-order chi connectivity index (χ1) is 9.34. The predicted octanol–water partition coefficient (Wildman–Crippen LogP) is 1.99. The Morgan fingerprint density at radius 3 is 2.40 bits per heavy atom. The lowest BCUT2D eigenvalue weighted by Gasteiger charge is -2.19. The van der Waals surface area contributed by atoms with Gasteiger partial charge in [0.1, 0.15) is 0 Å². The Labute approximate surface area is 119 Å². The van der Waals surface area contributed by atoms with Gasteiger partial charge in [0.05, 0.1) is 6.04 Å². The molecule has 5 heteroatoms. The largest absolute Gasteiger partial charge is 0.354 e. The standard InChI is InChI=1S/C15H21N3O2/c1-15(2,3)10-4-6-11(7-5-10)17-14(20)18-12-8-13(19)16-9-12/h4-7,12H,8-9H2,1-3H3,(H,16,19)(H2,17,18,20). The van der Waals surface area contributed by atoms with Crippen molar-refractivity contribution in [1.82, 2.24) is 10.6 Å². The first kappa shape index (κ1) is 14.4. The summed E-state index contributed by atoms with van der Waals surface area (Å²) in [5.41, 5.74) is 2.05. The lowest BCUT2D eigenvalue weighted by atomic mass is 9.87. The van der Waals surface area contributed by atoms with Crippen LogP contribution in [-0.2, 0) is 10.2 Å². The third kappa shape index (κ3) is 3.73. The van der Waals surface area contributed by atoms with Crippen LogP contribution in [0.1, 0.15) is 32.8 Å². The molecule has 3 N–H and O–H groups in total. The zero-order chi connectivity index (χ0) is 14.8. The van der Waals surface area contributed by atoms with E-state index in [1.54, 1.807) is 0 Å². The van der Waals surface area contributed by atoms with Gasteiger partial charge in [-0.1, -0.05) is 32.9 Å². The van der Waals surface area contributed by atoms with Crippen molar-refractivity contribution in [3.05, 3.63) is 29.8 Å². The summed E-state index contributed by atoms with van der Waals surface area (Å²) in [6, 6.07) is 7.38. The highest BCUT2D eigenvalue weighted by Crippen LogP contribution is 2.23. The first-order valence-corrected chi connectivity index (χ1v) is 6.79. The topological polar surface area (TPSA) is 70.2 Å². The van der Waals surface area contributed by atoms with Crippen LogP contribution in [0.2, 0.25) is 0 Å². The fourth-order valence-corrected chi connectivity index (χ4v) is 2.11. The molecule has 108 valence electrons. The van der Waals surface area contributed by atoms with Crippen molar-refractivity contribution in [2.45, 2.75) is 38.6 Å². The van der Waals surface area contributed by atoms with Crippen molar-refractivity contribution in [2.75, 3.05) is 11.9 Å². The first-order valence-electron chi connectivity index (χ1n) is 6.79. The molecule has 3 amide bonds. The number of carbonyl (C=O) groups is 2. The van der Waals surface area contributed by atoms with Gasteiger partial charge in [-0.2, -0.15) is 0 Å². The van der Waals surface area contributed by atoms with Crippen LogP contribution in [0.3, 0.4) is 0 Å². The summed E-state index contributed by atoms with van der Waals surface area (Å²) < 4.78 is 0. The van der Waals surface area contributed by atoms with Gasteiger partial charge in [0, 0.05) is 18.7 Å². The van der Waals surface area contributed by atoms with Gasteiger partial charge in [0.15, 0.2) is 0 Å². The molecule has 0 spiro atoms. The molecule has 5 nitrogen and oxygen atoms in total. The molecule has 1 heterocycles. The van der Waals surface area contributed by atoms with Crippen LogP contribution in [0, 0.1) is 0 Å². The number of carbonyl (C=O) groups excluding carboxylic acids is 2. The van der Waals surface area contributed by atoms with Gasteiger partial charge in [-0.15, -0.1) is 0 Å². The van der Waals surface area contributed by atoms with Gasteiger partial charge in [-0.3, -0.25) is 4.79 Å². The number of rotatable bonds is 2. The quantitative estimate of drug-likeness (QED) is 0.772. The lowest BCUT2D eigenvalue weighted by molar-refractivity contribution is -0.119. The van der Waals surface area contributed by atoms with Crippen molar-refractivity contribution in [3.8, 4) is 0 Å². The molecule has 1 aromatic rings. The van der Waals surface area contributed by atoms with E-state index in [1.165, 1.54) is 5.56 Å². The smallest absolute Gasteiger partial charge is 0.319 e. The predicted molar refractivity (Wildman–Crippen MR) is 78.7 cm³/mol. The second-order valence-electron chi connectivity index (χ2n) is 6.13. The van der Waals surface area contributed by atoms with Gasteiger partial charge in [0.2, 0.25) is 5.91 Å². The van der Waals surface area contributed by atoms with Crippen LogP contribution in [0.5, 0.6) is 0 Å². The highest BCUT2D eigenvalue weighted by Gasteiger charge is 2.22. The lowest BCUT2D eigenvalue weighted by Crippen LogP contribution is -2.39. The Bertz CT molecular complexity index is 503. The van der Waals surface area contributed by atoms with Crippen LogP contribution in [0.15, 0.2) is 24.3 Å². The number of anilines is 1. The molecule has 1 unspecified atom stereocenters. The normalized spacial score (nSPS) is 18.6. The van der Waals surface area contributed by atoms with Crippen molar-refractivity contribution < 1.29 is 9.59 Å². The summed E-state index contributed by atoms with van der Waals surface area (Å²) in [4.78, 5) is 22.8. The number of amides is 3. The number of nitrogens with one attached hydrogen (secondary N) is 3. The minimum atomic E-state index is -0.282. The van der Waals surface area contributed by atoms with Crippen LogP contribution < -0.4 is 16.0 Å². The molecule has 0 radical (unpaired) electrons. The van der Waals surface area contributed by atoms with Crippen LogP contribution in [0.25, 0.3) is 0 Å². The minimum absolute atomic E-state index is 0.0233. The highest BCUT2D eigenvalue weighted by atomic mass is 16.2. The molecule has 1 aromatic carbocycles. The Balaban J connectivity index is 1.90. The summed E-state index contributed by atoms with van der Waals surface area (Å²) in [7, 11) is 0. The second kappa shape index (κ2) is 5.53. The van der Waals surface area contributed by atoms with E-state index in [-0.39, 0.29) is 23.4 Å². The average Bonchev–Trinajstić information content (AvgIpc) is 2.74. The van der Waals surface area contributed by atoms with E-state index in [1.807, 2.05) is 24.3 Å². The Kier molecular flexibility index (Phi) is 3.97. The second-order valence-corrected chi connectivity index (χ2v) is 6.13. The van der Waals surface area contributed by atoms with Gasteiger partial charge in [-0.05, 0) is 23.1 Å². The van der Waals surface area contributed by atoms with E-state index in [0.29, 0.717) is 13.0 Å². The highest BCUT2D eigenvalue weighted by molar-refractivity contribution is 5.90. The average molecular weight is 275 g/mol. The van der Waals surface area contributed by atoms with Crippen LogP contribution in [0.4, 0.5) is 10.5 Å². The molecule has 1 aliphatic heterocycles. The number of hydrogen-bond acceptors (Lipinski definition) is 2. The van der Waals surface area contributed by atoms with E-state index >= 15 is 0 Å². The van der Waals surface area contributed by atoms with Gasteiger partial charge >= 0.3 is 6.03 Å². The summed E-state index contributed by atoms with van der Waals surface area (Å²) in [5.74, 6) is -0.0233. The van der Waals surface area contributed by atoms with Crippen LogP contribution in [-0.4, -0.2) is 24.5 Å². The zero-order valence-corrected chi connectivity index (χ0v) is 12.1. The maximum Gasteiger partial charge on any atom is 0.319 e. The van der Waals surface area contributed by atoms with Gasteiger partial charge in [0.25, 0.3) is 0 Å². The Morgan fingerprint density at radius 2 is 1.90 bits per heavy atom. The van der Waals surface area contributed by atoms with Crippen LogP contribution >= 0.6 is 0 Å². The molecule has 0 aliphatic carbocycles. The fraction of sp³-hybridized carbons (Fsp3) is 0.467. The molecule has 1 atom stereocenters. The summed E-state index contributed by atoms with van der Waals surface area (Å²) in [6.45, 7) is 6.93. The number of benzene rings is 1. The zero-order valence-electron chi connectivity index (χ0n) is 12.1. The summed E-state index contributed by atoms with van der Waals surface area (Å²) in [5, 5.41) is 8.22.